The largest absolute Gasteiger partial charge is 0.487 e. The number of carbonyl (C=O) groups is 1. The molecule has 6 heteroatoms. The van der Waals surface area contributed by atoms with Crippen LogP contribution in [0.15, 0.2) is 30.3 Å². The third-order valence-corrected chi connectivity index (χ3v) is 5.33. The number of rotatable bonds is 3. The Balaban J connectivity index is 1.54. The Labute approximate surface area is 153 Å². The van der Waals surface area contributed by atoms with E-state index in [1.54, 1.807) is 4.68 Å². The standard InChI is InChI=1S/C20H25N3O3/c1-14-11-15(2)23(22-14)13-19(24)21-17-12-20(7-9-25-10-8-20)26-18-6-4-3-5-16(17)18/h3-6,11,17H,7-10,12-13H2,1-2H3,(H,21,24)/t17-/m1/s1. The monoisotopic (exact) mass is 355 g/mol. The highest BCUT2D eigenvalue weighted by molar-refractivity contribution is 5.76. The summed E-state index contributed by atoms with van der Waals surface area (Å²) < 4.78 is 13.6. The van der Waals surface area contributed by atoms with Crippen molar-refractivity contribution in [1.29, 1.82) is 0 Å². The number of benzene rings is 1. The van der Waals surface area contributed by atoms with Gasteiger partial charge in [0.2, 0.25) is 5.91 Å². The SMILES string of the molecule is Cc1cc(C)n(CC(=O)N[C@@H]2CC3(CCOCC3)Oc3ccccc32)n1. The molecular formula is C20H25N3O3. The molecule has 0 saturated carbocycles. The zero-order valence-electron chi connectivity index (χ0n) is 15.3. The van der Waals surface area contributed by atoms with Crippen LogP contribution in [0.5, 0.6) is 5.75 Å². The second kappa shape index (κ2) is 6.76. The summed E-state index contributed by atoms with van der Waals surface area (Å²) in [6.07, 6.45) is 2.48. The van der Waals surface area contributed by atoms with Gasteiger partial charge in [-0.15, -0.1) is 0 Å². The van der Waals surface area contributed by atoms with Crippen LogP contribution in [0.3, 0.4) is 0 Å². The summed E-state index contributed by atoms with van der Waals surface area (Å²) in [6.45, 7) is 5.54. The van der Waals surface area contributed by atoms with E-state index in [1.165, 1.54) is 0 Å². The van der Waals surface area contributed by atoms with E-state index in [0.717, 1.165) is 42.0 Å². The van der Waals surface area contributed by atoms with E-state index < -0.39 is 0 Å². The molecule has 3 heterocycles. The van der Waals surface area contributed by atoms with E-state index in [4.69, 9.17) is 9.47 Å². The van der Waals surface area contributed by atoms with Crippen molar-refractivity contribution in [1.82, 2.24) is 15.1 Å². The fraction of sp³-hybridized carbons (Fsp3) is 0.500. The minimum absolute atomic E-state index is 0.0277. The van der Waals surface area contributed by atoms with Gasteiger partial charge in [-0.1, -0.05) is 18.2 Å². The van der Waals surface area contributed by atoms with Crippen LogP contribution < -0.4 is 10.1 Å². The summed E-state index contributed by atoms with van der Waals surface area (Å²) in [5, 5.41) is 7.60. The second-order valence-corrected chi connectivity index (χ2v) is 7.34. The highest BCUT2D eigenvalue weighted by Crippen LogP contribution is 2.43. The van der Waals surface area contributed by atoms with Crippen LogP contribution >= 0.6 is 0 Å². The number of aryl methyl sites for hydroxylation is 2. The molecule has 0 radical (unpaired) electrons. The summed E-state index contributed by atoms with van der Waals surface area (Å²) >= 11 is 0. The molecule has 6 nitrogen and oxygen atoms in total. The number of fused-ring (bicyclic) bond motifs is 1. The molecule has 1 aromatic heterocycles. The maximum atomic E-state index is 12.7. The number of hydrogen-bond donors (Lipinski definition) is 1. The Hall–Kier alpha value is -2.34. The number of ether oxygens (including phenoxy) is 2. The van der Waals surface area contributed by atoms with Crippen LogP contribution in [0.4, 0.5) is 0 Å². The van der Waals surface area contributed by atoms with E-state index in [9.17, 15) is 4.79 Å². The molecule has 0 bridgehead atoms. The van der Waals surface area contributed by atoms with Gasteiger partial charge in [0.1, 0.15) is 17.9 Å². The van der Waals surface area contributed by atoms with E-state index in [0.29, 0.717) is 13.2 Å². The van der Waals surface area contributed by atoms with Crippen LogP contribution in [-0.4, -0.2) is 34.5 Å². The van der Waals surface area contributed by atoms with Gasteiger partial charge in [-0.2, -0.15) is 5.10 Å². The van der Waals surface area contributed by atoms with Crippen molar-refractivity contribution in [2.75, 3.05) is 13.2 Å². The van der Waals surface area contributed by atoms with E-state index in [-0.39, 0.29) is 24.1 Å². The van der Waals surface area contributed by atoms with E-state index >= 15 is 0 Å². The quantitative estimate of drug-likeness (QED) is 0.919. The third-order valence-electron chi connectivity index (χ3n) is 5.33. The Kier molecular flexibility index (Phi) is 4.44. The maximum Gasteiger partial charge on any atom is 0.242 e. The maximum absolute atomic E-state index is 12.7. The first kappa shape index (κ1) is 17.1. The highest BCUT2D eigenvalue weighted by Gasteiger charge is 2.42. The van der Waals surface area contributed by atoms with Gasteiger partial charge in [0.05, 0.1) is 24.9 Å². The Morgan fingerprint density at radius 3 is 2.81 bits per heavy atom. The Bertz CT molecular complexity index is 808. The normalized spacial score (nSPS) is 21.1. The van der Waals surface area contributed by atoms with Crippen LogP contribution in [0, 0.1) is 13.8 Å². The fourth-order valence-electron chi connectivity index (χ4n) is 4.01. The molecule has 1 fully saturated rings. The highest BCUT2D eigenvalue weighted by atomic mass is 16.5. The summed E-state index contributed by atoms with van der Waals surface area (Å²) in [5.41, 5.74) is 2.72. The third kappa shape index (κ3) is 3.33. The van der Waals surface area contributed by atoms with Crippen molar-refractivity contribution in [3.8, 4) is 5.75 Å². The zero-order valence-corrected chi connectivity index (χ0v) is 15.3. The van der Waals surface area contributed by atoms with E-state index in [2.05, 4.69) is 10.4 Å². The molecule has 1 aromatic carbocycles. The number of nitrogens with one attached hydrogen (secondary N) is 1. The molecule has 0 aliphatic carbocycles. The lowest BCUT2D eigenvalue weighted by molar-refractivity contribution is -0.123. The molecule has 2 aliphatic heterocycles. The first-order chi connectivity index (χ1) is 12.5. The molecule has 1 N–H and O–H groups in total. The van der Waals surface area contributed by atoms with Gasteiger partial charge in [0.25, 0.3) is 0 Å². The molecule has 1 amide bonds. The summed E-state index contributed by atoms with van der Waals surface area (Å²) in [7, 11) is 0. The van der Waals surface area contributed by atoms with Gasteiger partial charge < -0.3 is 14.8 Å². The van der Waals surface area contributed by atoms with Gasteiger partial charge in [0, 0.05) is 30.5 Å². The average molecular weight is 355 g/mol. The van der Waals surface area contributed by atoms with Gasteiger partial charge in [0.15, 0.2) is 0 Å². The van der Waals surface area contributed by atoms with Gasteiger partial charge >= 0.3 is 0 Å². The average Bonchev–Trinajstić information content (AvgIpc) is 2.92. The first-order valence-electron chi connectivity index (χ1n) is 9.21. The van der Waals surface area contributed by atoms with Crippen molar-refractivity contribution < 1.29 is 14.3 Å². The topological polar surface area (TPSA) is 65.4 Å². The molecule has 1 spiro atoms. The lowest BCUT2D eigenvalue weighted by Crippen LogP contribution is -2.49. The summed E-state index contributed by atoms with van der Waals surface area (Å²) in [6, 6.07) is 9.92. The zero-order chi connectivity index (χ0) is 18.1. The fourth-order valence-corrected chi connectivity index (χ4v) is 4.01. The number of hydrogen-bond acceptors (Lipinski definition) is 4. The predicted molar refractivity (Wildman–Crippen MR) is 97.1 cm³/mol. The van der Waals surface area contributed by atoms with Crippen LogP contribution in [0.1, 0.15) is 42.3 Å². The van der Waals surface area contributed by atoms with Gasteiger partial charge in [-0.3, -0.25) is 9.48 Å². The minimum Gasteiger partial charge on any atom is -0.487 e. The van der Waals surface area contributed by atoms with Crippen LogP contribution in [0.25, 0.3) is 0 Å². The number of para-hydroxylation sites is 1. The minimum atomic E-state index is -0.247. The molecule has 1 atom stereocenters. The Morgan fingerprint density at radius 2 is 2.08 bits per heavy atom. The molecular weight excluding hydrogens is 330 g/mol. The van der Waals surface area contributed by atoms with Crippen molar-refractivity contribution in [3.63, 3.8) is 0 Å². The Morgan fingerprint density at radius 1 is 1.31 bits per heavy atom. The molecule has 138 valence electrons. The smallest absolute Gasteiger partial charge is 0.242 e. The van der Waals surface area contributed by atoms with Crippen molar-refractivity contribution in [3.05, 3.63) is 47.3 Å². The molecule has 2 aromatic rings. The molecule has 26 heavy (non-hydrogen) atoms. The van der Waals surface area contributed by atoms with E-state index in [1.807, 2.05) is 44.2 Å². The molecule has 2 aliphatic rings. The predicted octanol–water partition coefficient (Wildman–Crippen LogP) is 2.69. The summed E-state index contributed by atoms with van der Waals surface area (Å²) in [5.74, 6) is 0.845. The van der Waals surface area contributed by atoms with Crippen LogP contribution in [-0.2, 0) is 16.1 Å². The van der Waals surface area contributed by atoms with Crippen LogP contribution in [0.2, 0.25) is 0 Å². The number of aromatic nitrogens is 2. The molecule has 1 saturated heterocycles. The van der Waals surface area contributed by atoms with Crippen molar-refractivity contribution in [2.45, 2.75) is 51.3 Å². The first-order valence-corrected chi connectivity index (χ1v) is 9.21. The summed E-state index contributed by atoms with van der Waals surface area (Å²) in [4.78, 5) is 12.7. The second-order valence-electron chi connectivity index (χ2n) is 7.34. The number of carbonyl (C=O) groups excluding carboxylic acids is 1. The molecule has 0 unspecified atom stereocenters. The van der Waals surface area contributed by atoms with Gasteiger partial charge in [-0.05, 0) is 26.0 Å². The lowest BCUT2D eigenvalue weighted by Gasteiger charge is -2.44. The van der Waals surface area contributed by atoms with Gasteiger partial charge in [-0.25, -0.2) is 0 Å². The van der Waals surface area contributed by atoms with Crippen molar-refractivity contribution in [2.24, 2.45) is 0 Å². The number of nitrogens with zero attached hydrogens (tertiary/aromatic N) is 2. The lowest BCUT2D eigenvalue weighted by atomic mass is 9.82. The van der Waals surface area contributed by atoms with Crippen molar-refractivity contribution >= 4 is 5.91 Å². The number of amides is 1. The molecule has 4 rings (SSSR count).